The number of carbonyl (C=O) groups is 1. The molecule has 76 valence electrons. The van der Waals surface area contributed by atoms with Gasteiger partial charge in [0.05, 0.1) is 6.04 Å². The first-order valence-corrected chi connectivity index (χ1v) is 4.97. The van der Waals surface area contributed by atoms with Crippen LogP contribution in [0.15, 0.2) is 12.7 Å². The molecular formula is C11H21NO. The summed E-state index contributed by atoms with van der Waals surface area (Å²) in [5.41, 5.74) is 5.62. The third-order valence-electron chi connectivity index (χ3n) is 2.04. The van der Waals surface area contributed by atoms with Crippen LogP contribution in [0.25, 0.3) is 0 Å². The van der Waals surface area contributed by atoms with E-state index in [0.717, 1.165) is 12.8 Å². The van der Waals surface area contributed by atoms with Crippen LogP contribution in [0.5, 0.6) is 0 Å². The largest absolute Gasteiger partial charge is 0.321 e. The molecule has 0 spiro atoms. The third-order valence-corrected chi connectivity index (χ3v) is 2.04. The zero-order valence-corrected chi connectivity index (χ0v) is 8.75. The first-order valence-electron chi connectivity index (χ1n) is 4.97. The zero-order chi connectivity index (χ0) is 10.3. The molecule has 13 heavy (non-hydrogen) atoms. The van der Waals surface area contributed by atoms with Crippen LogP contribution in [-0.4, -0.2) is 11.8 Å². The molecule has 0 radical (unpaired) electrons. The fraction of sp³-hybridized carbons (Fsp3) is 0.727. The second kappa shape index (κ2) is 6.84. The Morgan fingerprint density at radius 2 is 2.15 bits per heavy atom. The summed E-state index contributed by atoms with van der Waals surface area (Å²) in [6.07, 6.45) is 4.98. The van der Waals surface area contributed by atoms with E-state index in [-0.39, 0.29) is 11.8 Å². The van der Waals surface area contributed by atoms with E-state index in [1.54, 1.807) is 6.08 Å². The van der Waals surface area contributed by atoms with Crippen molar-refractivity contribution in [3.05, 3.63) is 12.7 Å². The van der Waals surface area contributed by atoms with Crippen LogP contribution in [-0.2, 0) is 4.79 Å². The maximum Gasteiger partial charge on any atom is 0.149 e. The molecule has 0 aromatic carbocycles. The summed E-state index contributed by atoms with van der Waals surface area (Å²) in [5, 5.41) is 0. The summed E-state index contributed by atoms with van der Waals surface area (Å²) in [7, 11) is 0. The molecule has 0 aliphatic carbocycles. The Morgan fingerprint density at radius 1 is 1.54 bits per heavy atom. The lowest BCUT2D eigenvalue weighted by Gasteiger charge is -2.08. The quantitative estimate of drug-likeness (QED) is 0.615. The molecular weight excluding hydrogens is 162 g/mol. The number of hydrogen-bond donors (Lipinski definition) is 1. The predicted octanol–water partition coefficient (Wildman–Crippen LogP) is 2.29. The number of carbonyl (C=O) groups excluding carboxylic acids is 1. The highest BCUT2D eigenvalue weighted by Crippen LogP contribution is 2.08. The first-order chi connectivity index (χ1) is 6.07. The molecule has 0 aromatic rings. The van der Waals surface area contributed by atoms with Crippen molar-refractivity contribution in [2.45, 2.75) is 45.6 Å². The summed E-state index contributed by atoms with van der Waals surface area (Å²) < 4.78 is 0. The SMILES string of the molecule is C=CCC(N)C(=O)CCCC(C)C. The van der Waals surface area contributed by atoms with Gasteiger partial charge in [0.25, 0.3) is 0 Å². The monoisotopic (exact) mass is 183 g/mol. The molecule has 2 N–H and O–H groups in total. The Labute approximate surface area is 81.2 Å². The van der Waals surface area contributed by atoms with Crippen LogP contribution >= 0.6 is 0 Å². The number of nitrogens with two attached hydrogens (primary N) is 1. The highest BCUT2D eigenvalue weighted by molar-refractivity contribution is 5.83. The average Bonchev–Trinajstić information content (AvgIpc) is 2.04. The van der Waals surface area contributed by atoms with E-state index in [9.17, 15) is 4.79 Å². The minimum Gasteiger partial charge on any atom is -0.321 e. The van der Waals surface area contributed by atoms with Gasteiger partial charge < -0.3 is 5.73 Å². The summed E-state index contributed by atoms with van der Waals surface area (Å²) in [6.45, 7) is 7.88. The van der Waals surface area contributed by atoms with Crippen molar-refractivity contribution in [2.75, 3.05) is 0 Å². The maximum absolute atomic E-state index is 11.3. The molecule has 0 bridgehead atoms. The van der Waals surface area contributed by atoms with E-state index in [1.165, 1.54) is 0 Å². The topological polar surface area (TPSA) is 43.1 Å². The molecule has 0 aromatic heterocycles. The Balaban J connectivity index is 3.55. The Bertz CT molecular complexity index is 163. The minimum atomic E-state index is -0.329. The van der Waals surface area contributed by atoms with Gasteiger partial charge in [0.15, 0.2) is 0 Å². The predicted molar refractivity (Wildman–Crippen MR) is 56.5 cm³/mol. The van der Waals surface area contributed by atoms with Crippen LogP contribution < -0.4 is 5.73 Å². The molecule has 1 atom stereocenters. The van der Waals surface area contributed by atoms with Crippen molar-refractivity contribution in [2.24, 2.45) is 11.7 Å². The van der Waals surface area contributed by atoms with Gasteiger partial charge in [0.2, 0.25) is 0 Å². The molecule has 0 saturated carbocycles. The number of rotatable bonds is 7. The van der Waals surface area contributed by atoms with Crippen molar-refractivity contribution in [3.8, 4) is 0 Å². The summed E-state index contributed by atoms with van der Waals surface area (Å²) >= 11 is 0. The molecule has 0 aliphatic heterocycles. The summed E-state index contributed by atoms with van der Waals surface area (Å²) in [6, 6.07) is -0.329. The molecule has 2 heteroatoms. The molecule has 2 nitrogen and oxygen atoms in total. The van der Waals surface area contributed by atoms with Gasteiger partial charge in [-0.2, -0.15) is 0 Å². The Morgan fingerprint density at radius 3 is 2.62 bits per heavy atom. The highest BCUT2D eigenvalue weighted by Gasteiger charge is 2.10. The van der Waals surface area contributed by atoms with E-state index in [2.05, 4.69) is 20.4 Å². The van der Waals surface area contributed by atoms with Crippen molar-refractivity contribution in [3.63, 3.8) is 0 Å². The van der Waals surface area contributed by atoms with Crippen molar-refractivity contribution in [1.29, 1.82) is 0 Å². The molecule has 1 unspecified atom stereocenters. The first kappa shape index (κ1) is 12.4. The molecule has 0 rings (SSSR count). The van der Waals surface area contributed by atoms with Gasteiger partial charge in [-0.3, -0.25) is 4.79 Å². The lowest BCUT2D eigenvalue weighted by Crippen LogP contribution is -2.29. The summed E-state index contributed by atoms with van der Waals surface area (Å²) in [5.74, 6) is 0.837. The lowest BCUT2D eigenvalue weighted by molar-refractivity contribution is -0.120. The van der Waals surface area contributed by atoms with E-state index in [1.807, 2.05) is 0 Å². The van der Waals surface area contributed by atoms with Gasteiger partial charge in [-0.05, 0) is 18.8 Å². The number of hydrogen-bond acceptors (Lipinski definition) is 2. The van der Waals surface area contributed by atoms with Crippen LogP contribution in [0.1, 0.15) is 39.5 Å². The smallest absolute Gasteiger partial charge is 0.149 e. The van der Waals surface area contributed by atoms with Crippen LogP contribution in [0.3, 0.4) is 0 Å². The van der Waals surface area contributed by atoms with Gasteiger partial charge >= 0.3 is 0 Å². The van der Waals surface area contributed by atoms with E-state index < -0.39 is 0 Å². The van der Waals surface area contributed by atoms with Crippen LogP contribution in [0.4, 0.5) is 0 Å². The number of ketones is 1. The Kier molecular flexibility index (Phi) is 6.51. The fourth-order valence-electron chi connectivity index (χ4n) is 1.18. The van der Waals surface area contributed by atoms with Crippen LogP contribution in [0, 0.1) is 5.92 Å². The third kappa shape index (κ3) is 6.52. The molecule has 0 fully saturated rings. The summed E-state index contributed by atoms with van der Waals surface area (Å²) in [4.78, 5) is 11.3. The van der Waals surface area contributed by atoms with Gasteiger partial charge in [-0.1, -0.05) is 26.3 Å². The fourth-order valence-corrected chi connectivity index (χ4v) is 1.18. The molecule has 0 aliphatic rings. The second-order valence-corrected chi connectivity index (χ2v) is 3.88. The van der Waals surface area contributed by atoms with Gasteiger partial charge in [-0.25, -0.2) is 0 Å². The van der Waals surface area contributed by atoms with Crippen molar-refractivity contribution < 1.29 is 4.79 Å². The van der Waals surface area contributed by atoms with E-state index in [0.29, 0.717) is 18.8 Å². The molecule has 0 saturated heterocycles. The van der Waals surface area contributed by atoms with Crippen LogP contribution in [0.2, 0.25) is 0 Å². The normalized spacial score (nSPS) is 12.9. The van der Waals surface area contributed by atoms with Crippen molar-refractivity contribution in [1.82, 2.24) is 0 Å². The van der Waals surface area contributed by atoms with Crippen molar-refractivity contribution >= 4 is 5.78 Å². The minimum absolute atomic E-state index is 0.167. The van der Waals surface area contributed by atoms with E-state index in [4.69, 9.17) is 5.73 Å². The number of Topliss-reactive ketones (excluding diaryl/α,β-unsaturated/α-hetero) is 1. The van der Waals surface area contributed by atoms with E-state index >= 15 is 0 Å². The average molecular weight is 183 g/mol. The molecule has 0 amide bonds. The lowest BCUT2D eigenvalue weighted by atomic mass is 10.0. The van der Waals surface area contributed by atoms with Gasteiger partial charge in [0, 0.05) is 6.42 Å². The molecule has 0 heterocycles. The standard InChI is InChI=1S/C11H21NO/c1-4-6-10(12)11(13)8-5-7-9(2)3/h4,9-10H,1,5-8,12H2,2-3H3. The zero-order valence-electron chi connectivity index (χ0n) is 8.75. The maximum atomic E-state index is 11.3. The van der Waals surface area contributed by atoms with Gasteiger partial charge in [0.1, 0.15) is 5.78 Å². The van der Waals surface area contributed by atoms with Gasteiger partial charge in [-0.15, -0.1) is 6.58 Å². The Hall–Kier alpha value is -0.630. The highest BCUT2D eigenvalue weighted by atomic mass is 16.1. The second-order valence-electron chi connectivity index (χ2n) is 3.88.